The Balaban J connectivity index is 2.78. The van der Waals surface area contributed by atoms with Crippen LogP contribution in [0, 0.1) is 5.82 Å². The van der Waals surface area contributed by atoms with Crippen LogP contribution in [-0.4, -0.2) is 26.1 Å². The molecular weight excluding hydrogens is 211 g/mol. The maximum absolute atomic E-state index is 13.3. The standard InChI is InChI=1S/C12H15FO3/c1-3-11(14)9-4-5-10(13)12(8-9)16-7-6-15-2/h4-5,8H,3,6-7H2,1-2H3. The van der Waals surface area contributed by atoms with Gasteiger partial charge >= 0.3 is 0 Å². The number of ketones is 1. The minimum atomic E-state index is -0.469. The molecule has 0 saturated carbocycles. The molecule has 0 atom stereocenters. The van der Waals surface area contributed by atoms with Gasteiger partial charge in [-0.15, -0.1) is 0 Å². The highest BCUT2D eigenvalue weighted by molar-refractivity contribution is 5.96. The van der Waals surface area contributed by atoms with Crippen LogP contribution in [0.5, 0.6) is 5.75 Å². The summed E-state index contributed by atoms with van der Waals surface area (Å²) < 4.78 is 23.2. The SMILES string of the molecule is CCC(=O)c1ccc(F)c(OCCOC)c1. The molecule has 0 aliphatic carbocycles. The molecule has 0 spiro atoms. The van der Waals surface area contributed by atoms with Crippen molar-refractivity contribution in [2.24, 2.45) is 0 Å². The third-order valence-corrected chi connectivity index (χ3v) is 2.12. The van der Waals surface area contributed by atoms with E-state index in [2.05, 4.69) is 0 Å². The summed E-state index contributed by atoms with van der Waals surface area (Å²) in [5, 5.41) is 0. The number of hydrogen-bond acceptors (Lipinski definition) is 3. The van der Waals surface area contributed by atoms with Crippen LogP contribution in [0.15, 0.2) is 18.2 Å². The van der Waals surface area contributed by atoms with Crippen LogP contribution in [0.3, 0.4) is 0 Å². The first-order valence-corrected chi connectivity index (χ1v) is 5.13. The monoisotopic (exact) mass is 226 g/mol. The van der Waals surface area contributed by atoms with Crippen molar-refractivity contribution in [3.05, 3.63) is 29.6 Å². The first kappa shape index (κ1) is 12.6. The molecule has 0 fully saturated rings. The van der Waals surface area contributed by atoms with E-state index in [0.717, 1.165) is 0 Å². The van der Waals surface area contributed by atoms with Gasteiger partial charge in [-0.25, -0.2) is 4.39 Å². The average Bonchev–Trinajstić information content (AvgIpc) is 2.31. The molecule has 0 bridgehead atoms. The molecule has 0 aliphatic heterocycles. The third kappa shape index (κ3) is 3.31. The molecule has 88 valence electrons. The number of methoxy groups -OCH3 is 1. The molecule has 0 radical (unpaired) electrons. The van der Waals surface area contributed by atoms with Gasteiger partial charge in [-0.05, 0) is 18.2 Å². The fourth-order valence-corrected chi connectivity index (χ4v) is 1.23. The van der Waals surface area contributed by atoms with Crippen LogP contribution in [-0.2, 0) is 4.74 Å². The Morgan fingerprint density at radius 2 is 2.12 bits per heavy atom. The van der Waals surface area contributed by atoms with E-state index in [1.165, 1.54) is 25.3 Å². The van der Waals surface area contributed by atoms with Gasteiger partial charge in [-0.3, -0.25) is 4.79 Å². The normalized spacial score (nSPS) is 10.2. The quantitative estimate of drug-likeness (QED) is 0.552. The van der Waals surface area contributed by atoms with Crippen molar-refractivity contribution < 1.29 is 18.7 Å². The Morgan fingerprint density at radius 3 is 2.75 bits per heavy atom. The molecule has 0 unspecified atom stereocenters. The van der Waals surface area contributed by atoms with Gasteiger partial charge in [-0.2, -0.15) is 0 Å². The van der Waals surface area contributed by atoms with Gasteiger partial charge in [0.15, 0.2) is 17.3 Å². The maximum atomic E-state index is 13.3. The molecule has 0 heterocycles. The van der Waals surface area contributed by atoms with E-state index in [0.29, 0.717) is 18.6 Å². The van der Waals surface area contributed by atoms with E-state index < -0.39 is 5.82 Å². The molecular formula is C12H15FO3. The summed E-state index contributed by atoms with van der Waals surface area (Å²) in [5.41, 5.74) is 0.469. The van der Waals surface area contributed by atoms with Gasteiger partial charge in [0, 0.05) is 19.1 Å². The number of ether oxygens (including phenoxy) is 2. The number of rotatable bonds is 6. The first-order chi connectivity index (χ1) is 7.69. The van der Waals surface area contributed by atoms with Crippen molar-refractivity contribution in [3.8, 4) is 5.75 Å². The van der Waals surface area contributed by atoms with E-state index in [4.69, 9.17) is 9.47 Å². The lowest BCUT2D eigenvalue weighted by Gasteiger charge is -2.07. The van der Waals surface area contributed by atoms with E-state index in [1.54, 1.807) is 6.92 Å². The van der Waals surface area contributed by atoms with Gasteiger partial charge < -0.3 is 9.47 Å². The van der Waals surface area contributed by atoms with Crippen LogP contribution in [0.25, 0.3) is 0 Å². The molecule has 16 heavy (non-hydrogen) atoms. The zero-order valence-electron chi connectivity index (χ0n) is 9.46. The number of benzene rings is 1. The predicted molar refractivity (Wildman–Crippen MR) is 58.4 cm³/mol. The molecule has 3 nitrogen and oxygen atoms in total. The zero-order valence-corrected chi connectivity index (χ0v) is 9.46. The van der Waals surface area contributed by atoms with Crippen LogP contribution in [0.2, 0.25) is 0 Å². The Kier molecular flexibility index (Phi) is 4.92. The number of carbonyl (C=O) groups excluding carboxylic acids is 1. The Hall–Kier alpha value is -1.42. The van der Waals surface area contributed by atoms with Crippen LogP contribution in [0.4, 0.5) is 4.39 Å². The molecule has 1 rings (SSSR count). The third-order valence-electron chi connectivity index (χ3n) is 2.12. The topological polar surface area (TPSA) is 35.5 Å². The highest BCUT2D eigenvalue weighted by Gasteiger charge is 2.09. The van der Waals surface area contributed by atoms with E-state index >= 15 is 0 Å². The van der Waals surface area contributed by atoms with E-state index in [1.807, 2.05) is 0 Å². The van der Waals surface area contributed by atoms with E-state index in [-0.39, 0.29) is 18.1 Å². The van der Waals surface area contributed by atoms with Crippen LogP contribution < -0.4 is 4.74 Å². The van der Waals surface area contributed by atoms with Gasteiger partial charge in [0.1, 0.15) is 6.61 Å². The predicted octanol–water partition coefficient (Wildman–Crippen LogP) is 2.44. The van der Waals surface area contributed by atoms with Crippen LogP contribution in [0.1, 0.15) is 23.7 Å². The molecule has 1 aromatic carbocycles. The minimum absolute atomic E-state index is 0.0309. The van der Waals surface area contributed by atoms with Crippen molar-refractivity contribution in [2.75, 3.05) is 20.3 Å². The Morgan fingerprint density at radius 1 is 1.38 bits per heavy atom. The Bertz CT molecular complexity index is 363. The summed E-state index contributed by atoms with van der Waals surface area (Å²) >= 11 is 0. The molecule has 0 N–H and O–H groups in total. The molecule has 1 aromatic rings. The highest BCUT2D eigenvalue weighted by Crippen LogP contribution is 2.19. The molecule has 4 heteroatoms. The van der Waals surface area contributed by atoms with Crippen molar-refractivity contribution in [2.45, 2.75) is 13.3 Å². The lowest BCUT2D eigenvalue weighted by Crippen LogP contribution is -2.06. The molecule has 0 aromatic heterocycles. The van der Waals surface area contributed by atoms with Gasteiger partial charge in [0.2, 0.25) is 0 Å². The minimum Gasteiger partial charge on any atom is -0.488 e. The van der Waals surface area contributed by atoms with Crippen molar-refractivity contribution in [1.29, 1.82) is 0 Å². The smallest absolute Gasteiger partial charge is 0.165 e. The zero-order chi connectivity index (χ0) is 12.0. The van der Waals surface area contributed by atoms with Crippen molar-refractivity contribution in [1.82, 2.24) is 0 Å². The summed E-state index contributed by atoms with van der Waals surface area (Å²) in [7, 11) is 1.54. The number of Topliss-reactive ketones (excluding diaryl/α,β-unsaturated/α-hetero) is 1. The second kappa shape index (κ2) is 6.23. The number of hydrogen-bond donors (Lipinski definition) is 0. The second-order valence-corrected chi connectivity index (χ2v) is 3.26. The van der Waals surface area contributed by atoms with Crippen molar-refractivity contribution >= 4 is 5.78 Å². The lowest BCUT2D eigenvalue weighted by molar-refractivity contribution is 0.0987. The number of halogens is 1. The van der Waals surface area contributed by atoms with Gasteiger partial charge in [-0.1, -0.05) is 6.92 Å². The number of carbonyl (C=O) groups is 1. The summed E-state index contributed by atoms with van der Waals surface area (Å²) in [4.78, 5) is 11.4. The average molecular weight is 226 g/mol. The van der Waals surface area contributed by atoms with Crippen LogP contribution >= 0.6 is 0 Å². The summed E-state index contributed by atoms with van der Waals surface area (Å²) in [5.74, 6) is -0.406. The fourth-order valence-electron chi connectivity index (χ4n) is 1.23. The summed E-state index contributed by atoms with van der Waals surface area (Å²) in [6, 6.07) is 4.13. The van der Waals surface area contributed by atoms with Gasteiger partial charge in [0.05, 0.1) is 6.61 Å². The first-order valence-electron chi connectivity index (χ1n) is 5.13. The fraction of sp³-hybridized carbons (Fsp3) is 0.417. The van der Waals surface area contributed by atoms with E-state index in [9.17, 15) is 9.18 Å². The molecule has 0 amide bonds. The maximum Gasteiger partial charge on any atom is 0.165 e. The second-order valence-electron chi connectivity index (χ2n) is 3.26. The highest BCUT2D eigenvalue weighted by atomic mass is 19.1. The summed E-state index contributed by atoms with van der Waals surface area (Å²) in [6.07, 6.45) is 0.392. The molecule has 0 saturated heterocycles. The Labute approximate surface area is 94.2 Å². The lowest BCUT2D eigenvalue weighted by atomic mass is 10.1. The summed E-state index contributed by atoms with van der Waals surface area (Å²) in [6.45, 7) is 2.40. The molecule has 0 aliphatic rings. The van der Waals surface area contributed by atoms with Gasteiger partial charge in [0.25, 0.3) is 0 Å². The largest absolute Gasteiger partial charge is 0.488 e. The van der Waals surface area contributed by atoms with Crippen molar-refractivity contribution in [3.63, 3.8) is 0 Å².